The van der Waals surface area contributed by atoms with Crippen LogP contribution in [0.25, 0.3) is 0 Å². The van der Waals surface area contributed by atoms with Gasteiger partial charge < -0.3 is 5.32 Å². The minimum Gasteiger partial charge on any atom is -0.324 e. The lowest BCUT2D eigenvalue weighted by atomic mass is 10.1. The van der Waals surface area contributed by atoms with Crippen molar-refractivity contribution >= 4 is 11.6 Å². The van der Waals surface area contributed by atoms with Gasteiger partial charge in [0.25, 0.3) is 0 Å². The molecule has 0 saturated carbocycles. The van der Waals surface area contributed by atoms with Crippen LogP contribution in [0.4, 0.5) is 5.69 Å². The van der Waals surface area contributed by atoms with Gasteiger partial charge in [-0.25, -0.2) is 0 Å². The summed E-state index contributed by atoms with van der Waals surface area (Å²) in [6.45, 7) is 1.92. The van der Waals surface area contributed by atoms with Gasteiger partial charge in [0.05, 0.1) is 29.9 Å². The van der Waals surface area contributed by atoms with E-state index in [4.69, 9.17) is 5.26 Å². The predicted octanol–water partition coefficient (Wildman–Crippen LogP) is 2.44. The first kappa shape index (κ1) is 12.8. The fraction of sp³-hybridized carbons (Fsp3) is 0.133. The second kappa shape index (κ2) is 5.78. The van der Waals surface area contributed by atoms with E-state index in [0.717, 1.165) is 11.1 Å². The maximum absolute atomic E-state index is 11.8. The van der Waals surface area contributed by atoms with E-state index in [9.17, 15) is 4.79 Å². The van der Waals surface area contributed by atoms with E-state index in [1.807, 2.05) is 19.1 Å². The summed E-state index contributed by atoms with van der Waals surface area (Å²) in [6, 6.07) is 10.9. The Morgan fingerprint density at radius 1 is 1.32 bits per heavy atom. The first-order chi connectivity index (χ1) is 9.17. The van der Waals surface area contributed by atoms with Crippen molar-refractivity contribution in [2.75, 3.05) is 5.32 Å². The van der Waals surface area contributed by atoms with Crippen molar-refractivity contribution in [3.8, 4) is 6.07 Å². The Morgan fingerprint density at radius 2 is 2.05 bits per heavy atom. The number of carbonyl (C=O) groups is 1. The summed E-state index contributed by atoms with van der Waals surface area (Å²) in [7, 11) is 0. The lowest BCUT2D eigenvalue weighted by Gasteiger charge is -2.05. The highest BCUT2D eigenvalue weighted by Crippen LogP contribution is 2.09. The fourth-order valence-electron chi connectivity index (χ4n) is 1.71. The number of nitrogens with one attached hydrogen (secondary N) is 1. The van der Waals surface area contributed by atoms with Crippen molar-refractivity contribution in [3.63, 3.8) is 0 Å². The van der Waals surface area contributed by atoms with E-state index in [-0.39, 0.29) is 12.3 Å². The van der Waals surface area contributed by atoms with Gasteiger partial charge in [-0.2, -0.15) is 5.26 Å². The molecule has 1 heterocycles. The summed E-state index contributed by atoms with van der Waals surface area (Å²) in [5.41, 5.74) is 3.15. The Kier molecular flexibility index (Phi) is 3.89. The molecule has 19 heavy (non-hydrogen) atoms. The molecular formula is C15H13N3O. The summed E-state index contributed by atoms with van der Waals surface area (Å²) < 4.78 is 0. The summed E-state index contributed by atoms with van der Waals surface area (Å²) in [5.74, 6) is -0.0999. The molecule has 0 bridgehead atoms. The summed E-state index contributed by atoms with van der Waals surface area (Å²) in [6.07, 6.45) is 3.62. The van der Waals surface area contributed by atoms with Gasteiger partial charge in [-0.15, -0.1) is 0 Å². The van der Waals surface area contributed by atoms with E-state index in [1.165, 1.54) is 0 Å². The standard InChI is InChI=1S/C15H13N3O/c1-11-6-14(10-17-9-11)18-15(19)7-12-2-4-13(8-16)5-3-12/h2-6,9-10H,7H2,1H3,(H,18,19). The van der Waals surface area contributed by atoms with Crippen LogP contribution in [0.3, 0.4) is 0 Å². The number of nitrogens with zero attached hydrogens (tertiary/aromatic N) is 2. The van der Waals surface area contributed by atoms with Crippen molar-refractivity contribution in [1.82, 2.24) is 4.98 Å². The van der Waals surface area contributed by atoms with Gasteiger partial charge in [0.2, 0.25) is 5.91 Å². The largest absolute Gasteiger partial charge is 0.324 e. The summed E-state index contributed by atoms with van der Waals surface area (Å²) in [4.78, 5) is 15.9. The monoisotopic (exact) mass is 251 g/mol. The number of benzene rings is 1. The average molecular weight is 251 g/mol. The normalized spacial score (nSPS) is 9.68. The number of pyridine rings is 1. The van der Waals surface area contributed by atoms with Gasteiger partial charge in [-0.1, -0.05) is 12.1 Å². The van der Waals surface area contributed by atoms with Gasteiger partial charge in [-0.05, 0) is 36.2 Å². The first-order valence-corrected chi connectivity index (χ1v) is 5.88. The Labute approximate surface area is 111 Å². The molecule has 1 aromatic heterocycles. The van der Waals surface area contributed by atoms with Crippen LogP contribution < -0.4 is 5.32 Å². The molecule has 4 nitrogen and oxygen atoms in total. The zero-order valence-corrected chi connectivity index (χ0v) is 10.6. The van der Waals surface area contributed by atoms with E-state index in [1.54, 1.807) is 36.7 Å². The summed E-state index contributed by atoms with van der Waals surface area (Å²) in [5, 5.41) is 11.5. The third kappa shape index (κ3) is 3.65. The molecule has 0 aliphatic carbocycles. The van der Waals surface area contributed by atoms with Crippen LogP contribution in [0.1, 0.15) is 16.7 Å². The quantitative estimate of drug-likeness (QED) is 0.911. The highest BCUT2D eigenvalue weighted by Gasteiger charge is 2.04. The Hall–Kier alpha value is -2.67. The molecule has 1 N–H and O–H groups in total. The molecule has 0 radical (unpaired) electrons. The number of carbonyl (C=O) groups excluding carboxylic acids is 1. The zero-order chi connectivity index (χ0) is 13.7. The molecule has 0 unspecified atom stereocenters. The molecule has 2 rings (SSSR count). The van der Waals surface area contributed by atoms with Crippen molar-refractivity contribution in [2.45, 2.75) is 13.3 Å². The molecule has 0 fully saturated rings. The maximum atomic E-state index is 11.8. The van der Waals surface area contributed by atoms with Gasteiger partial charge in [0.15, 0.2) is 0 Å². The molecule has 0 saturated heterocycles. The maximum Gasteiger partial charge on any atom is 0.228 e. The van der Waals surface area contributed by atoms with Crippen LogP contribution in [0, 0.1) is 18.3 Å². The minimum absolute atomic E-state index is 0.0999. The highest BCUT2D eigenvalue weighted by atomic mass is 16.1. The van der Waals surface area contributed by atoms with Crippen LogP contribution >= 0.6 is 0 Å². The first-order valence-electron chi connectivity index (χ1n) is 5.88. The number of hydrogen-bond acceptors (Lipinski definition) is 3. The molecule has 94 valence electrons. The van der Waals surface area contributed by atoms with Gasteiger partial charge in [0, 0.05) is 6.20 Å². The van der Waals surface area contributed by atoms with Crippen LogP contribution in [-0.4, -0.2) is 10.9 Å². The van der Waals surface area contributed by atoms with Crippen molar-refractivity contribution in [1.29, 1.82) is 5.26 Å². The zero-order valence-electron chi connectivity index (χ0n) is 10.6. The molecule has 0 aliphatic rings. The third-order valence-electron chi connectivity index (χ3n) is 2.61. The lowest BCUT2D eigenvalue weighted by Crippen LogP contribution is -2.14. The van der Waals surface area contributed by atoms with E-state index in [0.29, 0.717) is 11.3 Å². The van der Waals surface area contributed by atoms with Crippen LogP contribution in [0.5, 0.6) is 0 Å². The third-order valence-corrected chi connectivity index (χ3v) is 2.61. The molecule has 0 spiro atoms. The SMILES string of the molecule is Cc1cncc(NC(=O)Cc2ccc(C#N)cc2)c1. The molecule has 0 aliphatic heterocycles. The van der Waals surface area contributed by atoms with Gasteiger partial charge in [0.1, 0.15) is 0 Å². The molecule has 4 heteroatoms. The van der Waals surface area contributed by atoms with Gasteiger partial charge >= 0.3 is 0 Å². The topological polar surface area (TPSA) is 65.8 Å². The smallest absolute Gasteiger partial charge is 0.228 e. The molecular weight excluding hydrogens is 238 g/mol. The molecule has 1 aromatic carbocycles. The lowest BCUT2D eigenvalue weighted by molar-refractivity contribution is -0.115. The molecule has 1 amide bonds. The van der Waals surface area contributed by atoms with Crippen molar-refractivity contribution < 1.29 is 4.79 Å². The van der Waals surface area contributed by atoms with Crippen molar-refractivity contribution in [2.24, 2.45) is 0 Å². The number of aromatic nitrogens is 1. The fourth-order valence-corrected chi connectivity index (χ4v) is 1.71. The second-order valence-electron chi connectivity index (χ2n) is 4.28. The number of amides is 1. The number of nitriles is 1. The minimum atomic E-state index is -0.0999. The van der Waals surface area contributed by atoms with E-state index in [2.05, 4.69) is 10.3 Å². The number of aryl methyl sites for hydroxylation is 1. The van der Waals surface area contributed by atoms with Crippen LogP contribution in [-0.2, 0) is 11.2 Å². The Balaban J connectivity index is 1.99. The number of anilines is 1. The summed E-state index contributed by atoms with van der Waals surface area (Å²) >= 11 is 0. The number of rotatable bonds is 3. The van der Waals surface area contributed by atoms with Crippen molar-refractivity contribution in [3.05, 3.63) is 59.4 Å². The Bertz CT molecular complexity index is 627. The van der Waals surface area contributed by atoms with Crippen LogP contribution in [0.15, 0.2) is 42.7 Å². The average Bonchev–Trinajstić information content (AvgIpc) is 2.39. The van der Waals surface area contributed by atoms with E-state index >= 15 is 0 Å². The van der Waals surface area contributed by atoms with E-state index < -0.39 is 0 Å². The highest BCUT2D eigenvalue weighted by molar-refractivity contribution is 5.92. The predicted molar refractivity (Wildman–Crippen MR) is 72.5 cm³/mol. The number of hydrogen-bond donors (Lipinski definition) is 1. The molecule has 0 atom stereocenters. The van der Waals surface area contributed by atoms with Crippen LogP contribution in [0.2, 0.25) is 0 Å². The molecule has 2 aromatic rings. The Morgan fingerprint density at radius 3 is 2.68 bits per heavy atom. The van der Waals surface area contributed by atoms with Gasteiger partial charge in [-0.3, -0.25) is 9.78 Å². The second-order valence-corrected chi connectivity index (χ2v) is 4.28.